The SMILES string of the molecule is CN=C(NCCc1ccc(F)cc1F)N1CC(C)(C)C1(C)C. The van der Waals surface area contributed by atoms with E-state index in [2.05, 4.69) is 42.9 Å². The first kappa shape index (κ1) is 16.7. The van der Waals surface area contributed by atoms with Crippen LogP contribution in [-0.4, -0.2) is 36.5 Å². The van der Waals surface area contributed by atoms with Crippen molar-refractivity contribution in [3.63, 3.8) is 0 Å². The van der Waals surface area contributed by atoms with Gasteiger partial charge in [-0.05, 0) is 31.9 Å². The van der Waals surface area contributed by atoms with E-state index in [0.29, 0.717) is 18.5 Å². The smallest absolute Gasteiger partial charge is 0.194 e. The fourth-order valence-corrected chi connectivity index (χ4v) is 2.73. The Balaban J connectivity index is 1.93. The summed E-state index contributed by atoms with van der Waals surface area (Å²) in [7, 11) is 1.75. The van der Waals surface area contributed by atoms with Crippen molar-refractivity contribution in [2.75, 3.05) is 20.1 Å². The summed E-state index contributed by atoms with van der Waals surface area (Å²) < 4.78 is 26.5. The molecule has 1 heterocycles. The molecule has 1 aliphatic rings. The molecule has 0 bridgehead atoms. The second-order valence-corrected chi connectivity index (χ2v) is 6.99. The monoisotopic (exact) mass is 309 g/mol. The molecule has 0 saturated carbocycles. The predicted molar refractivity (Wildman–Crippen MR) is 86.0 cm³/mol. The van der Waals surface area contributed by atoms with E-state index in [1.54, 1.807) is 7.05 Å². The molecule has 22 heavy (non-hydrogen) atoms. The van der Waals surface area contributed by atoms with Crippen molar-refractivity contribution in [3.8, 4) is 0 Å². The van der Waals surface area contributed by atoms with E-state index in [1.165, 1.54) is 12.1 Å². The number of guanidine groups is 1. The molecule has 1 N–H and O–H groups in total. The molecule has 5 heteroatoms. The lowest BCUT2D eigenvalue weighted by Crippen LogP contribution is -2.72. The first-order valence-corrected chi connectivity index (χ1v) is 7.61. The normalized spacial score (nSPS) is 19.8. The van der Waals surface area contributed by atoms with Gasteiger partial charge in [0.1, 0.15) is 11.6 Å². The molecule has 0 aliphatic carbocycles. The van der Waals surface area contributed by atoms with Gasteiger partial charge in [-0.3, -0.25) is 4.99 Å². The molecule has 0 aromatic heterocycles. The average molecular weight is 309 g/mol. The highest BCUT2D eigenvalue weighted by Crippen LogP contribution is 2.46. The van der Waals surface area contributed by atoms with Crippen LogP contribution in [-0.2, 0) is 6.42 Å². The van der Waals surface area contributed by atoms with Crippen molar-refractivity contribution >= 4 is 5.96 Å². The minimum absolute atomic E-state index is 0.0238. The van der Waals surface area contributed by atoms with Gasteiger partial charge in [0.15, 0.2) is 5.96 Å². The standard InChI is InChI=1S/C17H25F2N3/c1-16(2)11-22(17(16,3)4)15(20-5)21-9-8-12-6-7-13(18)10-14(12)19/h6-7,10H,8-9,11H2,1-5H3,(H,20,21). The number of nitrogens with zero attached hydrogens (tertiary/aromatic N) is 2. The molecule has 0 amide bonds. The Morgan fingerprint density at radius 1 is 1.27 bits per heavy atom. The Morgan fingerprint density at radius 3 is 2.45 bits per heavy atom. The summed E-state index contributed by atoms with van der Waals surface area (Å²) in [4.78, 5) is 6.55. The van der Waals surface area contributed by atoms with E-state index in [9.17, 15) is 8.78 Å². The van der Waals surface area contributed by atoms with Crippen molar-refractivity contribution in [2.24, 2.45) is 10.4 Å². The Morgan fingerprint density at radius 2 is 1.95 bits per heavy atom. The second kappa shape index (κ2) is 5.86. The van der Waals surface area contributed by atoms with Gasteiger partial charge < -0.3 is 10.2 Å². The van der Waals surface area contributed by atoms with Crippen molar-refractivity contribution in [2.45, 2.75) is 39.7 Å². The van der Waals surface area contributed by atoms with Gasteiger partial charge in [0.2, 0.25) is 0 Å². The summed E-state index contributed by atoms with van der Waals surface area (Å²) in [5.41, 5.74) is 0.761. The third kappa shape index (κ3) is 2.94. The van der Waals surface area contributed by atoms with Crippen LogP contribution in [0.5, 0.6) is 0 Å². The molecule has 122 valence electrons. The molecule has 1 aliphatic heterocycles. The summed E-state index contributed by atoms with van der Waals surface area (Å²) in [5.74, 6) is -0.219. The number of halogens is 2. The van der Waals surface area contributed by atoms with Crippen molar-refractivity contribution in [3.05, 3.63) is 35.4 Å². The fraction of sp³-hybridized carbons (Fsp3) is 0.588. The van der Waals surface area contributed by atoms with Gasteiger partial charge in [0, 0.05) is 37.2 Å². The fourth-order valence-electron chi connectivity index (χ4n) is 2.73. The molecular weight excluding hydrogens is 284 g/mol. The van der Waals surface area contributed by atoms with E-state index in [0.717, 1.165) is 18.6 Å². The minimum atomic E-state index is -0.547. The predicted octanol–water partition coefficient (Wildman–Crippen LogP) is 3.20. The van der Waals surface area contributed by atoms with Gasteiger partial charge in [-0.1, -0.05) is 19.9 Å². The third-order valence-corrected chi connectivity index (χ3v) is 5.04. The molecule has 0 radical (unpaired) electrons. The van der Waals surface area contributed by atoms with Crippen molar-refractivity contribution in [1.29, 1.82) is 0 Å². The van der Waals surface area contributed by atoms with Gasteiger partial charge in [0.25, 0.3) is 0 Å². The highest BCUT2D eigenvalue weighted by Gasteiger charge is 2.53. The van der Waals surface area contributed by atoms with Crippen molar-refractivity contribution < 1.29 is 8.78 Å². The van der Waals surface area contributed by atoms with Crippen LogP contribution < -0.4 is 5.32 Å². The van der Waals surface area contributed by atoms with Crippen LogP contribution in [0.4, 0.5) is 8.78 Å². The Kier molecular flexibility index (Phi) is 4.45. The number of nitrogens with one attached hydrogen (secondary N) is 1. The molecule has 0 spiro atoms. The van der Waals surface area contributed by atoms with Crippen LogP contribution in [0, 0.1) is 17.0 Å². The van der Waals surface area contributed by atoms with Crippen LogP contribution in [0.2, 0.25) is 0 Å². The van der Waals surface area contributed by atoms with E-state index in [4.69, 9.17) is 0 Å². The zero-order valence-corrected chi connectivity index (χ0v) is 14.0. The molecule has 3 nitrogen and oxygen atoms in total. The molecule has 2 rings (SSSR count). The maximum Gasteiger partial charge on any atom is 0.194 e. The molecular formula is C17H25F2N3. The lowest BCUT2D eigenvalue weighted by atomic mass is 9.65. The largest absolute Gasteiger partial charge is 0.356 e. The Hall–Kier alpha value is -1.65. The summed E-state index contributed by atoms with van der Waals surface area (Å²) in [6, 6.07) is 3.70. The maximum absolute atomic E-state index is 13.6. The molecule has 1 fully saturated rings. The van der Waals surface area contributed by atoms with Gasteiger partial charge in [-0.25, -0.2) is 8.78 Å². The first-order valence-electron chi connectivity index (χ1n) is 7.61. The van der Waals surface area contributed by atoms with Gasteiger partial charge >= 0.3 is 0 Å². The molecule has 1 aromatic rings. The van der Waals surface area contributed by atoms with Crippen LogP contribution in [0.3, 0.4) is 0 Å². The zero-order chi connectivity index (χ0) is 16.5. The number of hydrogen-bond donors (Lipinski definition) is 1. The number of aliphatic imine (C=N–C) groups is 1. The van der Waals surface area contributed by atoms with E-state index >= 15 is 0 Å². The first-order chi connectivity index (χ1) is 10.2. The van der Waals surface area contributed by atoms with E-state index < -0.39 is 11.6 Å². The molecule has 0 unspecified atom stereocenters. The summed E-state index contributed by atoms with van der Waals surface area (Å²) in [5, 5.41) is 3.27. The van der Waals surface area contributed by atoms with E-state index in [1.807, 2.05) is 0 Å². The maximum atomic E-state index is 13.6. The second-order valence-electron chi connectivity index (χ2n) is 6.99. The number of benzene rings is 1. The Bertz CT molecular complexity index is 579. The average Bonchev–Trinajstić information content (AvgIpc) is 2.44. The molecule has 1 saturated heterocycles. The summed E-state index contributed by atoms with van der Waals surface area (Å²) >= 11 is 0. The summed E-state index contributed by atoms with van der Waals surface area (Å²) in [6.07, 6.45) is 0.489. The quantitative estimate of drug-likeness (QED) is 0.686. The van der Waals surface area contributed by atoms with Crippen LogP contribution >= 0.6 is 0 Å². The summed E-state index contributed by atoms with van der Waals surface area (Å²) in [6.45, 7) is 10.4. The van der Waals surface area contributed by atoms with Crippen LogP contribution in [0.25, 0.3) is 0 Å². The van der Waals surface area contributed by atoms with Crippen LogP contribution in [0.15, 0.2) is 23.2 Å². The minimum Gasteiger partial charge on any atom is -0.356 e. The number of likely N-dealkylation sites (tertiary alicyclic amines) is 1. The highest BCUT2D eigenvalue weighted by molar-refractivity contribution is 5.82. The molecule has 1 aromatic carbocycles. The third-order valence-electron chi connectivity index (χ3n) is 5.04. The van der Waals surface area contributed by atoms with Gasteiger partial charge in [0.05, 0.1) is 0 Å². The molecule has 0 atom stereocenters. The lowest BCUT2D eigenvalue weighted by Gasteiger charge is -2.62. The topological polar surface area (TPSA) is 27.6 Å². The highest BCUT2D eigenvalue weighted by atomic mass is 19.1. The number of hydrogen-bond acceptors (Lipinski definition) is 1. The zero-order valence-electron chi connectivity index (χ0n) is 14.0. The van der Waals surface area contributed by atoms with Crippen LogP contribution in [0.1, 0.15) is 33.3 Å². The lowest BCUT2D eigenvalue weighted by molar-refractivity contribution is -0.0666. The van der Waals surface area contributed by atoms with Gasteiger partial charge in [-0.15, -0.1) is 0 Å². The van der Waals surface area contributed by atoms with Crippen molar-refractivity contribution in [1.82, 2.24) is 10.2 Å². The van der Waals surface area contributed by atoms with E-state index in [-0.39, 0.29) is 11.0 Å². The number of rotatable bonds is 3. The van der Waals surface area contributed by atoms with Gasteiger partial charge in [-0.2, -0.15) is 0 Å². The Labute approximate surface area is 131 Å².